The van der Waals surface area contributed by atoms with Gasteiger partial charge in [-0.25, -0.2) is 0 Å². The molecule has 0 N–H and O–H groups in total. The van der Waals surface area contributed by atoms with Crippen molar-refractivity contribution in [2.75, 3.05) is 13.2 Å². The van der Waals surface area contributed by atoms with Gasteiger partial charge in [0.25, 0.3) is 0 Å². The van der Waals surface area contributed by atoms with E-state index in [2.05, 4.69) is 15.9 Å². The Bertz CT molecular complexity index is 619. The number of hydrogen-bond donors (Lipinski definition) is 0. The van der Waals surface area contributed by atoms with Crippen molar-refractivity contribution >= 4 is 21.7 Å². The van der Waals surface area contributed by atoms with Gasteiger partial charge in [-0.2, -0.15) is 0 Å². The number of ketones is 1. The highest BCUT2D eigenvalue weighted by Gasteiger charge is 2.29. The summed E-state index contributed by atoms with van der Waals surface area (Å²) in [4.78, 5) is 12.3. The van der Waals surface area contributed by atoms with Crippen LogP contribution in [0.4, 0.5) is 0 Å². The lowest BCUT2D eigenvalue weighted by molar-refractivity contribution is -0.197. The molecule has 108 valence electrons. The lowest BCUT2D eigenvalue weighted by Crippen LogP contribution is -2.32. The summed E-state index contributed by atoms with van der Waals surface area (Å²) in [5.74, 6) is -0.174. The van der Waals surface area contributed by atoms with Crippen LogP contribution in [-0.4, -0.2) is 19.0 Å². The smallest absolute Gasteiger partial charge is 0.184 e. The van der Waals surface area contributed by atoms with E-state index in [1.165, 1.54) is 0 Å². The molecule has 1 fully saturated rings. The Morgan fingerprint density at radius 2 is 1.57 bits per heavy atom. The zero-order valence-corrected chi connectivity index (χ0v) is 13.0. The molecule has 0 amide bonds. The van der Waals surface area contributed by atoms with Gasteiger partial charge in [0.15, 0.2) is 12.1 Å². The fourth-order valence-corrected chi connectivity index (χ4v) is 2.81. The minimum atomic E-state index is -0.416. The molecule has 1 aliphatic heterocycles. The van der Waals surface area contributed by atoms with Crippen LogP contribution in [0.2, 0.25) is 0 Å². The summed E-state index contributed by atoms with van der Waals surface area (Å²) in [5.41, 5.74) is 1.65. The number of Topliss-reactive ketones (excluding diaryl/α,β-unsaturated/α-hetero) is 1. The van der Waals surface area contributed by atoms with Crippen molar-refractivity contribution < 1.29 is 14.3 Å². The second-order valence-electron chi connectivity index (χ2n) is 4.95. The average molecular weight is 347 g/mol. The summed E-state index contributed by atoms with van der Waals surface area (Å²) < 4.78 is 12.4. The maximum atomic E-state index is 12.3. The lowest BCUT2D eigenvalue weighted by Gasteiger charge is -2.29. The lowest BCUT2D eigenvalue weighted by atomic mass is 9.98. The first-order valence-corrected chi connectivity index (χ1v) is 7.62. The molecule has 0 unspecified atom stereocenters. The van der Waals surface area contributed by atoms with Crippen LogP contribution in [0.3, 0.4) is 0 Å². The molecule has 2 aromatic rings. The predicted octanol–water partition coefficient (Wildman–Crippen LogP) is 3.99. The van der Waals surface area contributed by atoms with Gasteiger partial charge in [-0.05, 0) is 6.07 Å². The third-order valence-corrected chi connectivity index (χ3v) is 4.21. The Morgan fingerprint density at radius 1 is 0.952 bits per heavy atom. The number of rotatable bonds is 3. The highest BCUT2D eigenvalue weighted by atomic mass is 79.9. The van der Waals surface area contributed by atoms with Crippen molar-refractivity contribution in [3.05, 3.63) is 70.2 Å². The quantitative estimate of drug-likeness (QED) is 0.788. The summed E-state index contributed by atoms with van der Waals surface area (Å²) in [5, 5.41) is 0. The van der Waals surface area contributed by atoms with E-state index in [9.17, 15) is 4.79 Å². The van der Waals surface area contributed by atoms with Gasteiger partial charge in [0.2, 0.25) is 0 Å². The third-order valence-electron chi connectivity index (χ3n) is 3.49. The number of carbonyl (C=O) groups excluding carboxylic acids is 1. The van der Waals surface area contributed by atoms with Crippen LogP contribution in [0.5, 0.6) is 0 Å². The van der Waals surface area contributed by atoms with Crippen LogP contribution >= 0.6 is 15.9 Å². The molecule has 21 heavy (non-hydrogen) atoms. The number of halogens is 1. The molecule has 0 atom stereocenters. The molecule has 0 radical (unpaired) electrons. The van der Waals surface area contributed by atoms with Gasteiger partial charge in [-0.3, -0.25) is 4.79 Å². The van der Waals surface area contributed by atoms with Gasteiger partial charge in [0, 0.05) is 15.6 Å². The fourth-order valence-electron chi connectivity index (χ4n) is 2.34. The molecule has 2 aromatic carbocycles. The summed E-state index contributed by atoms with van der Waals surface area (Å²) in [7, 11) is 0. The van der Waals surface area contributed by atoms with Crippen LogP contribution in [0.1, 0.15) is 22.2 Å². The van der Waals surface area contributed by atoms with Crippen molar-refractivity contribution in [2.45, 2.75) is 6.29 Å². The van der Waals surface area contributed by atoms with Crippen molar-refractivity contribution in [1.29, 1.82) is 0 Å². The van der Waals surface area contributed by atoms with Crippen LogP contribution < -0.4 is 0 Å². The van der Waals surface area contributed by atoms with Gasteiger partial charge in [-0.15, -0.1) is 0 Å². The van der Waals surface area contributed by atoms with Gasteiger partial charge < -0.3 is 9.47 Å². The predicted molar refractivity (Wildman–Crippen MR) is 83.0 cm³/mol. The number of benzene rings is 2. The summed E-state index contributed by atoms with van der Waals surface area (Å²) in [6.07, 6.45) is -0.416. The monoisotopic (exact) mass is 346 g/mol. The second kappa shape index (κ2) is 6.52. The van der Waals surface area contributed by atoms with Gasteiger partial charge in [0.05, 0.1) is 19.1 Å². The topological polar surface area (TPSA) is 35.5 Å². The second-order valence-corrected chi connectivity index (χ2v) is 5.80. The van der Waals surface area contributed by atoms with E-state index in [1.807, 2.05) is 54.6 Å². The van der Waals surface area contributed by atoms with E-state index in [0.29, 0.717) is 18.8 Å². The Morgan fingerprint density at radius 3 is 2.24 bits per heavy atom. The molecule has 0 spiro atoms. The van der Waals surface area contributed by atoms with Crippen LogP contribution in [-0.2, 0) is 9.47 Å². The molecule has 0 saturated carbocycles. The first-order valence-electron chi connectivity index (χ1n) is 6.82. The molecule has 4 heteroatoms. The third kappa shape index (κ3) is 3.23. The zero-order valence-electron chi connectivity index (χ0n) is 11.4. The van der Waals surface area contributed by atoms with Crippen LogP contribution in [0, 0.1) is 5.92 Å². The summed E-state index contributed by atoms with van der Waals surface area (Å²) in [6.45, 7) is 0.749. The van der Waals surface area contributed by atoms with Gasteiger partial charge in [-0.1, -0.05) is 64.5 Å². The number of carbonyl (C=O) groups is 1. The summed E-state index contributed by atoms with van der Waals surface area (Å²) >= 11 is 3.49. The zero-order chi connectivity index (χ0) is 14.7. The van der Waals surface area contributed by atoms with Crippen molar-refractivity contribution in [3.8, 4) is 0 Å². The first kappa shape index (κ1) is 14.4. The van der Waals surface area contributed by atoms with E-state index in [1.54, 1.807) is 0 Å². The van der Waals surface area contributed by atoms with E-state index in [0.717, 1.165) is 10.0 Å². The molecule has 0 aliphatic carbocycles. The molecule has 1 saturated heterocycles. The van der Waals surface area contributed by atoms with Gasteiger partial charge in [0.1, 0.15) is 0 Å². The minimum absolute atomic E-state index is 0.0705. The Labute approximate surface area is 132 Å². The number of ether oxygens (including phenoxy) is 2. The van der Waals surface area contributed by atoms with E-state index < -0.39 is 6.29 Å². The van der Waals surface area contributed by atoms with Crippen LogP contribution in [0.15, 0.2) is 59.1 Å². The van der Waals surface area contributed by atoms with E-state index in [-0.39, 0.29) is 11.7 Å². The molecule has 0 bridgehead atoms. The first-order chi connectivity index (χ1) is 10.3. The highest BCUT2D eigenvalue weighted by molar-refractivity contribution is 9.10. The van der Waals surface area contributed by atoms with E-state index in [4.69, 9.17) is 9.47 Å². The molecular weight excluding hydrogens is 332 g/mol. The average Bonchev–Trinajstić information content (AvgIpc) is 2.56. The SMILES string of the molecule is O=C(c1ccccc1)C1COC(c2ccccc2Br)OC1. The molecule has 3 rings (SSSR count). The van der Waals surface area contributed by atoms with Crippen molar-refractivity contribution in [1.82, 2.24) is 0 Å². The van der Waals surface area contributed by atoms with Crippen LogP contribution in [0.25, 0.3) is 0 Å². The highest BCUT2D eigenvalue weighted by Crippen LogP contribution is 2.31. The van der Waals surface area contributed by atoms with E-state index >= 15 is 0 Å². The maximum absolute atomic E-state index is 12.3. The maximum Gasteiger partial charge on any atom is 0.184 e. The minimum Gasteiger partial charge on any atom is -0.347 e. The number of hydrogen-bond acceptors (Lipinski definition) is 3. The summed E-state index contributed by atoms with van der Waals surface area (Å²) in [6, 6.07) is 17.0. The fraction of sp³-hybridized carbons (Fsp3) is 0.235. The Balaban J connectivity index is 1.66. The normalized spacial score (nSPS) is 22.0. The Hall–Kier alpha value is -1.49. The van der Waals surface area contributed by atoms with Crippen molar-refractivity contribution in [3.63, 3.8) is 0 Å². The molecule has 3 nitrogen and oxygen atoms in total. The molecule has 0 aromatic heterocycles. The standard InChI is InChI=1S/C17H15BrO3/c18-15-9-5-4-8-14(15)17-20-10-13(11-21-17)16(19)12-6-2-1-3-7-12/h1-9,13,17H,10-11H2. The van der Waals surface area contributed by atoms with Crippen molar-refractivity contribution in [2.24, 2.45) is 5.92 Å². The molecular formula is C17H15BrO3. The Kier molecular flexibility index (Phi) is 4.48. The molecule has 1 aliphatic rings. The largest absolute Gasteiger partial charge is 0.347 e. The van der Waals surface area contributed by atoms with Gasteiger partial charge >= 0.3 is 0 Å². The molecule has 1 heterocycles.